The molecule has 0 radical (unpaired) electrons. The Hall–Kier alpha value is -0.128. The van der Waals surface area contributed by atoms with Crippen LogP contribution in [0.5, 0.6) is 5.75 Å². The molecule has 0 unspecified atom stereocenters. The molecule has 0 bridgehead atoms. The first-order valence-electron chi connectivity index (χ1n) is 2.34. The maximum atomic E-state index is 8.79. The average molecular weight is 347 g/mol. The van der Waals surface area contributed by atoms with Crippen molar-refractivity contribution in [3.63, 3.8) is 0 Å². The van der Waals surface area contributed by atoms with E-state index < -0.39 is 0 Å². The van der Waals surface area contributed by atoms with Gasteiger partial charge in [-0.3, -0.25) is 0 Å². The summed E-state index contributed by atoms with van der Waals surface area (Å²) in [5.74, 6) is 0.146. The van der Waals surface area contributed by atoms with Crippen molar-refractivity contribution in [3.8, 4) is 5.75 Å². The van der Waals surface area contributed by atoms with Gasteiger partial charge in [-0.15, -0.1) is 0 Å². The molecule has 0 aliphatic rings. The van der Waals surface area contributed by atoms with E-state index in [9.17, 15) is 0 Å². The average Bonchev–Trinajstić information content (AvgIpc) is 1.77. The molecule has 0 aliphatic heterocycles. The normalized spacial score (nSPS) is 8.00. The molecule has 0 spiro atoms. The third-order valence-electron chi connectivity index (χ3n) is 0.937. The van der Waals surface area contributed by atoms with Crippen LogP contribution in [0.25, 0.3) is 0 Å². The van der Waals surface area contributed by atoms with Gasteiger partial charge in [0.05, 0.1) is 5.69 Å². The van der Waals surface area contributed by atoms with Crippen molar-refractivity contribution in [3.05, 3.63) is 24.3 Å². The van der Waals surface area contributed by atoms with Gasteiger partial charge in [-0.05, 0) is 12.1 Å². The molecule has 1 aromatic carbocycles. The number of phenolic OH excluding ortho intramolecular Hbond substituents is 1. The third kappa shape index (κ3) is 2.30. The predicted molar refractivity (Wildman–Crippen MR) is 32.5 cm³/mol. The Bertz CT molecular complexity index is 169. The number of rotatable bonds is 0. The zero-order valence-electron chi connectivity index (χ0n) is 4.83. The van der Waals surface area contributed by atoms with Crippen LogP contribution in [0.4, 0.5) is 5.69 Å². The van der Waals surface area contributed by atoms with E-state index in [1.54, 1.807) is 24.3 Å². The Morgan fingerprint density at radius 1 is 1.22 bits per heavy atom. The van der Waals surface area contributed by atoms with E-state index in [1.807, 2.05) is 0 Å². The molecule has 0 aromatic heterocycles. The molecule has 9 heavy (non-hydrogen) atoms. The molecule has 0 fully saturated rings. The van der Waals surface area contributed by atoms with Gasteiger partial charge in [0.25, 0.3) is 0 Å². The number of nitrogens with two attached hydrogens (primary N) is 1. The molecule has 3 heteroatoms. The predicted octanol–water partition coefficient (Wildman–Crippen LogP) is 0.974. The number of nitrogen functional groups attached to an aromatic ring is 1. The molecule has 0 heterocycles. The second-order valence-corrected chi connectivity index (χ2v) is 1.56. The van der Waals surface area contributed by atoms with Crippen molar-refractivity contribution in [2.24, 2.45) is 0 Å². The first-order valence-corrected chi connectivity index (χ1v) is 2.34. The van der Waals surface area contributed by atoms with E-state index in [2.05, 4.69) is 0 Å². The van der Waals surface area contributed by atoms with Crippen LogP contribution in [0.2, 0.25) is 0 Å². The number of hydrogen-bond donors (Lipinski definition) is 2. The standard InChI is InChI=1S/C6H7NO.U/c7-5-3-1-2-4-6(5)8;/h1-4,8H,7H2;. The number of hydrogen-bond acceptors (Lipinski definition) is 2. The van der Waals surface area contributed by atoms with Crippen LogP contribution in [0.1, 0.15) is 0 Å². The maximum Gasteiger partial charge on any atom is 0.138 e. The maximum absolute atomic E-state index is 8.79. The van der Waals surface area contributed by atoms with E-state index in [-0.39, 0.29) is 36.9 Å². The van der Waals surface area contributed by atoms with Crippen molar-refractivity contribution >= 4 is 5.69 Å². The summed E-state index contributed by atoms with van der Waals surface area (Å²) in [6.07, 6.45) is 0. The zero-order chi connectivity index (χ0) is 5.98. The second kappa shape index (κ2) is 3.81. The van der Waals surface area contributed by atoms with Crippen molar-refractivity contribution in [2.45, 2.75) is 0 Å². The van der Waals surface area contributed by atoms with Crippen LogP contribution in [-0.2, 0) is 0 Å². The smallest absolute Gasteiger partial charge is 0.138 e. The van der Waals surface area contributed by atoms with Crippen LogP contribution in [0.15, 0.2) is 24.3 Å². The second-order valence-electron chi connectivity index (χ2n) is 1.56. The SMILES string of the molecule is Nc1ccccc1O.[U]. The number of phenols is 1. The largest absolute Gasteiger partial charge is 0.506 e. The van der Waals surface area contributed by atoms with Gasteiger partial charge in [-0.2, -0.15) is 0 Å². The summed E-state index contributed by atoms with van der Waals surface area (Å²) in [7, 11) is 0. The van der Waals surface area contributed by atoms with Gasteiger partial charge in [0.15, 0.2) is 0 Å². The monoisotopic (exact) mass is 347 g/mol. The molecule has 2 nitrogen and oxygen atoms in total. The third-order valence-corrected chi connectivity index (χ3v) is 0.937. The Labute approximate surface area is 77.4 Å². The minimum atomic E-state index is 0. The molecule has 0 amide bonds. The summed E-state index contributed by atoms with van der Waals surface area (Å²) in [4.78, 5) is 0. The van der Waals surface area contributed by atoms with E-state index in [4.69, 9.17) is 10.8 Å². The van der Waals surface area contributed by atoms with E-state index >= 15 is 0 Å². The molecule has 0 saturated heterocycles. The fourth-order valence-corrected chi connectivity index (χ4v) is 0.488. The van der Waals surface area contributed by atoms with Crippen LogP contribution in [-0.4, -0.2) is 5.11 Å². The number of para-hydroxylation sites is 2. The first-order chi connectivity index (χ1) is 3.80. The Kier molecular flexibility index (Phi) is 3.76. The molecule has 46 valence electrons. The van der Waals surface area contributed by atoms with E-state index in [0.717, 1.165) is 0 Å². The molecule has 1 rings (SSSR count). The Morgan fingerprint density at radius 3 is 2.11 bits per heavy atom. The van der Waals surface area contributed by atoms with Crippen molar-refractivity contribution < 1.29 is 36.2 Å². The first kappa shape index (κ1) is 8.87. The van der Waals surface area contributed by atoms with Crippen molar-refractivity contribution in [1.82, 2.24) is 0 Å². The summed E-state index contributed by atoms with van der Waals surface area (Å²) in [5, 5.41) is 8.79. The van der Waals surface area contributed by atoms with Crippen molar-refractivity contribution in [1.29, 1.82) is 0 Å². The van der Waals surface area contributed by atoms with Crippen LogP contribution in [0.3, 0.4) is 0 Å². The minimum Gasteiger partial charge on any atom is -0.506 e. The molecule has 3 N–H and O–H groups in total. The van der Waals surface area contributed by atoms with E-state index in [1.165, 1.54) is 0 Å². The zero-order valence-corrected chi connectivity index (χ0v) is 9.00. The van der Waals surface area contributed by atoms with Gasteiger partial charge >= 0.3 is 0 Å². The van der Waals surface area contributed by atoms with Crippen molar-refractivity contribution in [2.75, 3.05) is 5.73 Å². The Morgan fingerprint density at radius 2 is 1.78 bits per heavy atom. The summed E-state index contributed by atoms with van der Waals surface area (Å²) < 4.78 is 0. The number of benzene rings is 1. The summed E-state index contributed by atoms with van der Waals surface area (Å²) in [6.45, 7) is 0. The topological polar surface area (TPSA) is 46.2 Å². The molecule has 1 aromatic rings. The molecule has 0 saturated carbocycles. The minimum absolute atomic E-state index is 0. The van der Waals surface area contributed by atoms with Gasteiger partial charge in [0.2, 0.25) is 0 Å². The molecule has 0 aliphatic carbocycles. The van der Waals surface area contributed by atoms with Crippen LogP contribution in [0, 0.1) is 31.1 Å². The molecule has 0 atom stereocenters. The van der Waals surface area contributed by atoms with Gasteiger partial charge in [0.1, 0.15) is 5.75 Å². The van der Waals surface area contributed by atoms with Gasteiger partial charge in [-0.1, -0.05) is 12.1 Å². The fourth-order valence-electron chi connectivity index (χ4n) is 0.488. The number of anilines is 1. The summed E-state index contributed by atoms with van der Waals surface area (Å²) in [6, 6.07) is 6.70. The summed E-state index contributed by atoms with van der Waals surface area (Å²) in [5.41, 5.74) is 5.69. The van der Waals surface area contributed by atoms with E-state index in [0.29, 0.717) is 5.69 Å². The molecular formula is C6H7NOU. The van der Waals surface area contributed by atoms with Gasteiger partial charge in [0, 0.05) is 31.1 Å². The Balaban J connectivity index is 0.000000640. The van der Waals surface area contributed by atoms with Gasteiger partial charge < -0.3 is 10.8 Å². The van der Waals surface area contributed by atoms with Crippen LogP contribution < -0.4 is 5.73 Å². The number of aromatic hydroxyl groups is 1. The fraction of sp³-hybridized carbons (Fsp3) is 0. The van der Waals surface area contributed by atoms with Gasteiger partial charge in [-0.25, -0.2) is 0 Å². The quantitative estimate of drug-likeness (QED) is 0.543. The van der Waals surface area contributed by atoms with Crippen LogP contribution >= 0.6 is 0 Å². The summed E-state index contributed by atoms with van der Waals surface area (Å²) >= 11 is 0. The molecular weight excluding hydrogens is 340 g/mol.